The van der Waals surface area contributed by atoms with Crippen LogP contribution in [0.15, 0.2) is 0 Å². The second kappa shape index (κ2) is 6.95. The summed E-state index contributed by atoms with van der Waals surface area (Å²) in [4.78, 5) is 11.5. The number of carbonyl (C=O) groups excluding carboxylic acids is 1. The van der Waals surface area contributed by atoms with Gasteiger partial charge in [0.2, 0.25) is 0 Å². The number of esters is 1. The molecule has 19 heavy (non-hydrogen) atoms. The molecular formula is C14H25NO3S. The fraction of sp³-hybridized carbons (Fsp3) is 0.929. The Hall–Kier alpha value is -0.260. The fourth-order valence-corrected chi connectivity index (χ4v) is 4.35. The molecule has 5 heteroatoms. The number of nitrogens with two attached hydrogens (primary N) is 1. The Labute approximate surface area is 119 Å². The van der Waals surface area contributed by atoms with E-state index in [0.717, 1.165) is 19.4 Å². The lowest BCUT2D eigenvalue weighted by atomic mass is 9.92. The molecule has 2 fully saturated rings. The van der Waals surface area contributed by atoms with Crippen LogP contribution in [0, 0.1) is 0 Å². The monoisotopic (exact) mass is 287 g/mol. The molecule has 2 rings (SSSR count). The Kier molecular flexibility index (Phi) is 5.54. The maximum atomic E-state index is 11.5. The molecule has 0 aromatic heterocycles. The Morgan fingerprint density at radius 1 is 1.53 bits per heavy atom. The molecule has 2 N–H and O–H groups in total. The maximum absolute atomic E-state index is 11.5. The Bertz CT molecular complexity index is 305. The van der Waals surface area contributed by atoms with E-state index >= 15 is 0 Å². The molecule has 0 amide bonds. The molecule has 1 saturated carbocycles. The van der Waals surface area contributed by atoms with Gasteiger partial charge in [0.15, 0.2) is 0 Å². The summed E-state index contributed by atoms with van der Waals surface area (Å²) in [6.07, 6.45) is 7.18. The molecular weight excluding hydrogens is 262 g/mol. The second-order valence-corrected chi connectivity index (χ2v) is 6.88. The molecule has 1 aliphatic carbocycles. The Morgan fingerprint density at radius 3 is 2.95 bits per heavy atom. The normalized spacial score (nSPS) is 27.4. The predicted molar refractivity (Wildman–Crippen MR) is 77.2 cm³/mol. The van der Waals surface area contributed by atoms with Gasteiger partial charge in [0.05, 0.1) is 12.2 Å². The van der Waals surface area contributed by atoms with Gasteiger partial charge in [0, 0.05) is 17.6 Å². The van der Waals surface area contributed by atoms with Crippen LogP contribution in [0.4, 0.5) is 0 Å². The van der Waals surface area contributed by atoms with Crippen LogP contribution in [0.2, 0.25) is 0 Å². The summed E-state index contributed by atoms with van der Waals surface area (Å²) in [5, 5.41) is 0.576. The topological polar surface area (TPSA) is 61.5 Å². The van der Waals surface area contributed by atoms with Crippen LogP contribution < -0.4 is 5.73 Å². The van der Waals surface area contributed by atoms with Crippen LogP contribution in [0.25, 0.3) is 0 Å². The minimum absolute atomic E-state index is 0.143. The minimum atomic E-state index is -0.493. The van der Waals surface area contributed by atoms with E-state index in [4.69, 9.17) is 15.2 Å². The average molecular weight is 287 g/mol. The van der Waals surface area contributed by atoms with Crippen molar-refractivity contribution < 1.29 is 14.3 Å². The summed E-state index contributed by atoms with van der Waals surface area (Å²) in [6, 6.07) is -0.493. The van der Waals surface area contributed by atoms with E-state index in [2.05, 4.69) is 0 Å². The van der Waals surface area contributed by atoms with Crippen molar-refractivity contribution in [3.05, 3.63) is 0 Å². The maximum Gasteiger partial charge on any atom is 0.323 e. The zero-order valence-corrected chi connectivity index (χ0v) is 12.5. The van der Waals surface area contributed by atoms with Crippen molar-refractivity contribution >= 4 is 17.7 Å². The Balaban J connectivity index is 1.75. The number of carbonyl (C=O) groups is 1. The third-order valence-electron chi connectivity index (χ3n) is 4.06. The van der Waals surface area contributed by atoms with E-state index in [9.17, 15) is 4.79 Å². The van der Waals surface area contributed by atoms with Crippen LogP contribution in [0.1, 0.15) is 45.4 Å². The van der Waals surface area contributed by atoms with Crippen LogP contribution in [-0.4, -0.2) is 41.8 Å². The molecule has 2 unspecified atom stereocenters. The number of rotatable bonds is 5. The van der Waals surface area contributed by atoms with Crippen LogP contribution >= 0.6 is 11.8 Å². The van der Waals surface area contributed by atoms with Gasteiger partial charge in [-0.2, -0.15) is 11.8 Å². The molecule has 0 radical (unpaired) electrons. The van der Waals surface area contributed by atoms with Crippen molar-refractivity contribution in [2.75, 3.05) is 19.0 Å². The molecule has 2 atom stereocenters. The second-order valence-electron chi connectivity index (χ2n) is 5.55. The van der Waals surface area contributed by atoms with Crippen LogP contribution in [0.5, 0.6) is 0 Å². The first-order chi connectivity index (χ1) is 9.15. The molecule has 0 aromatic rings. The van der Waals surface area contributed by atoms with E-state index in [1.165, 1.54) is 25.7 Å². The van der Waals surface area contributed by atoms with Gasteiger partial charge >= 0.3 is 5.97 Å². The highest BCUT2D eigenvalue weighted by atomic mass is 32.2. The van der Waals surface area contributed by atoms with Gasteiger partial charge in [-0.1, -0.05) is 12.8 Å². The summed E-state index contributed by atoms with van der Waals surface area (Å²) in [5.41, 5.74) is 5.98. The zero-order valence-electron chi connectivity index (χ0n) is 11.7. The number of hydrogen-bond acceptors (Lipinski definition) is 5. The molecule has 110 valence electrons. The summed E-state index contributed by atoms with van der Waals surface area (Å²) < 4.78 is 10.9. The Morgan fingerprint density at radius 2 is 2.26 bits per heavy atom. The fourth-order valence-electron chi connectivity index (χ4n) is 3.05. The van der Waals surface area contributed by atoms with Gasteiger partial charge < -0.3 is 15.2 Å². The molecule has 1 spiro atoms. The zero-order chi connectivity index (χ0) is 13.7. The molecule has 2 aliphatic rings. The van der Waals surface area contributed by atoms with Crippen molar-refractivity contribution in [1.82, 2.24) is 0 Å². The highest BCUT2D eigenvalue weighted by Crippen LogP contribution is 2.42. The quantitative estimate of drug-likeness (QED) is 0.785. The summed E-state index contributed by atoms with van der Waals surface area (Å²) >= 11 is 1.81. The largest absolute Gasteiger partial charge is 0.465 e. The highest BCUT2D eigenvalue weighted by molar-refractivity contribution is 8.00. The molecule has 1 aliphatic heterocycles. The lowest BCUT2D eigenvalue weighted by Gasteiger charge is -2.38. The molecule has 1 saturated heterocycles. The number of ether oxygens (including phenoxy) is 2. The van der Waals surface area contributed by atoms with Crippen molar-refractivity contribution in [3.8, 4) is 0 Å². The van der Waals surface area contributed by atoms with Gasteiger partial charge in [-0.05, 0) is 32.6 Å². The van der Waals surface area contributed by atoms with Gasteiger partial charge in [0.1, 0.15) is 6.04 Å². The van der Waals surface area contributed by atoms with E-state index in [-0.39, 0.29) is 11.6 Å². The molecule has 0 bridgehead atoms. The van der Waals surface area contributed by atoms with E-state index < -0.39 is 6.04 Å². The predicted octanol–water partition coefficient (Wildman–Crippen LogP) is 2.10. The van der Waals surface area contributed by atoms with E-state index in [0.29, 0.717) is 17.6 Å². The highest BCUT2D eigenvalue weighted by Gasteiger charge is 2.40. The molecule has 4 nitrogen and oxygen atoms in total. The average Bonchev–Trinajstić information content (AvgIpc) is 2.84. The first kappa shape index (κ1) is 15.1. The summed E-state index contributed by atoms with van der Waals surface area (Å²) in [7, 11) is 0. The van der Waals surface area contributed by atoms with Gasteiger partial charge in [-0.3, -0.25) is 4.79 Å². The third-order valence-corrected chi connectivity index (χ3v) is 5.49. The summed E-state index contributed by atoms with van der Waals surface area (Å²) in [5.74, 6) is 0.372. The first-order valence-corrected chi connectivity index (χ1v) is 8.38. The smallest absolute Gasteiger partial charge is 0.323 e. The number of thioether (sulfide) groups is 1. The molecule has 0 aromatic carbocycles. The van der Waals surface area contributed by atoms with Crippen molar-refractivity contribution in [1.29, 1.82) is 0 Å². The lowest BCUT2D eigenvalue weighted by Crippen LogP contribution is -2.40. The van der Waals surface area contributed by atoms with Gasteiger partial charge in [0.25, 0.3) is 0 Å². The standard InChI is InChI=1S/C14H25NO3S/c1-2-17-13(16)12(15)10-19-11-5-8-18-14(9-11)6-3-4-7-14/h11-12H,2-10,15H2,1H3. The molecule has 1 heterocycles. The SMILES string of the molecule is CCOC(=O)C(N)CSC1CCOC2(CCCC2)C1. The van der Waals surface area contributed by atoms with E-state index in [1.54, 1.807) is 6.92 Å². The van der Waals surface area contributed by atoms with Gasteiger partial charge in [-0.25, -0.2) is 0 Å². The van der Waals surface area contributed by atoms with Crippen LogP contribution in [-0.2, 0) is 14.3 Å². The summed E-state index contributed by atoms with van der Waals surface area (Å²) in [6.45, 7) is 3.06. The first-order valence-electron chi connectivity index (χ1n) is 7.33. The van der Waals surface area contributed by atoms with Gasteiger partial charge in [-0.15, -0.1) is 0 Å². The number of hydrogen-bond donors (Lipinski definition) is 1. The lowest BCUT2D eigenvalue weighted by molar-refractivity contribution is -0.144. The van der Waals surface area contributed by atoms with Crippen molar-refractivity contribution in [3.63, 3.8) is 0 Å². The third kappa shape index (κ3) is 4.10. The van der Waals surface area contributed by atoms with Crippen LogP contribution in [0.3, 0.4) is 0 Å². The minimum Gasteiger partial charge on any atom is -0.465 e. The van der Waals surface area contributed by atoms with Crippen molar-refractivity contribution in [2.24, 2.45) is 5.73 Å². The van der Waals surface area contributed by atoms with Crippen molar-refractivity contribution in [2.45, 2.75) is 62.3 Å². The van der Waals surface area contributed by atoms with E-state index in [1.807, 2.05) is 11.8 Å².